The van der Waals surface area contributed by atoms with Gasteiger partial charge in [-0.1, -0.05) is 55.3 Å². The van der Waals surface area contributed by atoms with Crippen LogP contribution in [0, 0.1) is 18.7 Å². The average Bonchev–Trinajstić information content (AvgIpc) is 2.95. The lowest BCUT2D eigenvalue weighted by molar-refractivity contribution is -0.124. The van der Waals surface area contributed by atoms with E-state index in [9.17, 15) is 13.2 Å². The fourth-order valence-electron chi connectivity index (χ4n) is 4.90. The van der Waals surface area contributed by atoms with Crippen LogP contribution in [0.25, 0.3) is 0 Å². The first-order chi connectivity index (χ1) is 20.4. The summed E-state index contributed by atoms with van der Waals surface area (Å²) in [6, 6.07) is 10.5. The molecule has 2 aromatic carbocycles. The molecular weight excluding hydrogens is 599 g/mol. The quantitative estimate of drug-likeness (QED) is 0.215. The third-order valence-electron chi connectivity index (χ3n) is 7.19. The minimum absolute atomic E-state index is 0.00344. The maximum atomic E-state index is 15.2. The van der Waals surface area contributed by atoms with Crippen LogP contribution in [0.4, 0.5) is 15.9 Å². The zero-order chi connectivity index (χ0) is 31.7. The Morgan fingerprint density at radius 2 is 1.91 bits per heavy atom. The number of aryl methyl sites for hydroxylation is 1. The van der Waals surface area contributed by atoms with Gasteiger partial charge in [-0.3, -0.25) is 14.3 Å². The van der Waals surface area contributed by atoms with Crippen molar-refractivity contribution in [1.29, 1.82) is 0 Å². The minimum Gasteiger partial charge on any atom is -0.483 e. The van der Waals surface area contributed by atoms with Crippen molar-refractivity contribution < 1.29 is 27.5 Å². The second-order valence-corrected chi connectivity index (χ2v) is 12.7. The number of benzene rings is 2. The zero-order valence-electron chi connectivity index (χ0n) is 24.0. The molecule has 0 aliphatic heterocycles. The molecule has 1 heterocycles. The van der Waals surface area contributed by atoms with Crippen molar-refractivity contribution in [3.8, 4) is 0 Å². The lowest BCUT2D eigenvalue weighted by atomic mass is 9.78. The van der Waals surface area contributed by atoms with Gasteiger partial charge in [-0.05, 0) is 61.8 Å². The number of nitrogens with two attached hydrogens (primary N) is 1. The van der Waals surface area contributed by atoms with Gasteiger partial charge >= 0.3 is 0 Å². The molecule has 1 saturated carbocycles. The number of sulfonamides is 1. The summed E-state index contributed by atoms with van der Waals surface area (Å²) >= 11 is 6.46. The van der Waals surface area contributed by atoms with Crippen LogP contribution in [0.15, 0.2) is 59.9 Å². The van der Waals surface area contributed by atoms with Crippen molar-refractivity contribution in [2.24, 2.45) is 11.7 Å². The number of carbonyl (C=O) groups is 2. The largest absolute Gasteiger partial charge is 0.483 e. The van der Waals surface area contributed by atoms with Crippen molar-refractivity contribution in [1.82, 2.24) is 15.3 Å². The Hall–Kier alpha value is -3.81. The Bertz CT molecular complexity index is 1510. The lowest BCUT2D eigenvalue weighted by Crippen LogP contribution is -2.54. The lowest BCUT2D eigenvalue weighted by Gasteiger charge is -2.38. The van der Waals surface area contributed by atoms with Crippen LogP contribution in [0.3, 0.4) is 0 Å². The predicted octanol–water partition coefficient (Wildman–Crippen LogP) is 4.30. The first kappa shape index (κ1) is 33.7. The van der Waals surface area contributed by atoms with E-state index < -0.39 is 26.8 Å². The Morgan fingerprint density at radius 3 is 2.53 bits per heavy atom. The van der Waals surface area contributed by atoms with Crippen LogP contribution in [0.5, 0.6) is 0 Å². The molecule has 0 bridgehead atoms. The number of anilines is 2. The first-order valence-corrected chi connectivity index (χ1v) is 15.5. The molecule has 4 atom stereocenters. The van der Waals surface area contributed by atoms with Gasteiger partial charge in [0, 0.05) is 18.3 Å². The Kier molecular flexibility index (Phi) is 11.8. The molecule has 3 aromatic rings. The molecule has 1 fully saturated rings. The number of nitrogens with one attached hydrogen (secondary N) is 3. The van der Waals surface area contributed by atoms with Crippen LogP contribution >= 0.6 is 11.6 Å². The van der Waals surface area contributed by atoms with E-state index in [4.69, 9.17) is 27.2 Å². The van der Waals surface area contributed by atoms with E-state index in [0.29, 0.717) is 12.8 Å². The molecule has 14 heteroatoms. The molecule has 0 saturated heterocycles. The molecule has 11 nitrogen and oxygen atoms in total. The molecule has 6 N–H and O–H groups in total. The van der Waals surface area contributed by atoms with E-state index in [-0.39, 0.29) is 52.8 Å². The summed E-state index contributed by atoms with van der Waals surface area (Å²) in [5.74, 6) is -1.07. The minimum atomic E-state index is -4.30. The average molecular weight is 635 g/mol. The number of aromatic nitrogens is 2. The predicted molar refractivity (Wildman–Crippen MR) is 163 cm³/mol. The van der Waals surface area contributed by atoms with Gasteiger partial charge in [0.2, 0.25) is 5.91 Å². The van der Waals surface area contributed by atoms with Crippen LogP contribution in [-0.2, 0) is 19.6 Å². The van der Waals surface area contributed by atoms with Crippen molar-refractivity contribution in [3.63, 3.8) is 0 Å². The fourth-order valence-corrected chi connectivity index (χ4v) is 6.28. The van der Waals surface area contributed by atoms with Gasteiger partial charge in [-0.25, -0.2) is 22.8 Å². The Balaban J connectivity index is 0.00000162. The monoisotopic (exact) mass is 634 g/mol. The van der Waals surface area contributed by atoms with E-state index in [0.717, 1.165) is 24.1 Å². The van der Waals surface area contributed by atoms with E-state index >= 15 is 4.39 Å². The van der Waals surface area contributed by atoms with Gasteiger partial charge in [-0.15, -0.1) is 0 Å². The summed E-state index contributed by atoms with van der Waals surface area (Å²) in [4.78, 5) is 28.2. The number of carboxylic acid groups (broad SMARTS) is 1. The Labute approximate surface area is 255 Å². The molecule has 1 amide bonds. The van der Waals surface area contributed by atoms with Gasteiger partial charge in [0.05, 0.1) is 16.8 Å². The molecule has 232 valence electrons. The van der Waals surface area contributed by atoms with E-state index in [1.807, 2.05) is 32.9 Å². The molecule has 1 aliphatic rings. The smallest absolute Gasteiger partial charge is 0.290 e. The fraction of sp³-hybridized carbons (Fsp3) is 0.379. The summed E-state index contributed by atoms with van der Waals surface area (Å²) in [5.41, 5.74) is 8.71. The van der Waals surface area contributed by atoms with Crippen LogP contribution < -0.4 is 21.1 Å². The number of carbonyl (C=O) groups excluding carboxylic acids is 1. The van der Waals surface area contributed by atoms with Gasteiger partial charge in [0.1, 0.15) is 22.9 Å². The second-order valence-electron chi connectivity index (χ2n) is 10.6. The SMILES string of the molecule is Cc1cccc([C@H]2CC[C@H](Nc3cc(F)c(S(=O)(=O)Nc4ccncn4)cc3Cl)[C@@H](NC(=O)[C@@H](N)C(C)C)C2)c1.O=CO. The Morgan fingerprint density at radius 1 is 1.19 bits per heavy atom. The standard InChI is InChI=1S/C28H34ClFN6O3S.CH2O2/c1-16(2)27(31)28(37)35-24-12-19(18-6-4-5-17(3)11-18)7-8-22(24)34-23-14-21(30)25(13-20(23)29)40(38,39)36-26-9-10-32-15-33-26;2-1-3/h4-6,9-11,13-16,19,22,24,27,34H,7-8,12,31H2,1-3H3,(H,35,37)(H,32,33,36);1H,(H,2,3)/t19-,22-,24-,27-;/m0./s1. The van der Waals surface area contributed by atoms with Crippen LogP contribution in [0.1, 0.15) is 50.2 Å². The topological polar surface area (TPSA) is 176 Å². The van der Waals surface area contributed by atoms with Gasteiger partial charge in [-0.2, -0.15) is 0 Å². The molecular formula is C29H36ClFN6O5S. The summed E-state index contributed by atoms with van der Waals surface area (Å²) in [5, 5.41) is 13.3. The maximum Gasteiger partial charge on any atom is 0.290 e. The van der Waals surface area contributed by atoms with E-state index in [1.165, 1.54) is 24.2 Å². The van der Waals surface area contributed by atoms with Gasteiger partial charge in [0.25, 0.3) is 16.5 Å². The van der Waals surface area contributed by atoms with Crippen molar-refractivity contribution in [2.75, 3.05) is 10.0 Å². The van der Waals surface area contributed by atoms with Crippen molar-refractivity contribution in [3.05, 3.63) is 77.0 Å². The molecule has 1 aliphatic carbocycles. The van der Waals surface area contributed by atoms with E-state index in [2.05, 4.69) is 37.5 Å². The maximum absolute atomic E-state index is 15.2. The highest BCUT2D eigenvalue weighted by Gasteiger charge is 2.34. The number of hydrogen-bond acceptors (Lipinski definition) is 8. The highest BCUT2D eigenvalue weighted by Crippen LogP contribution is 2.37. The van der Waals surface area contributed by atoms with Gasteiger partial charge in [0.15, 0.2) is 0 Å². The summed E-state index contributed by atoms with van der Waals surface area (Å²) in [6.07, 6.45) is 4.67. The normalized spacial score (nSPS) is 19.0. The number of nitrogens with zero attached hydrogens (tertiary/aromatic N) is 2. The molecule has 0 radical (unpaired) electrons. The third-order valence-corrected chi connectivity index (χ3v) is 8.87. The number of rotatable bonds is 9. The first-order valence-electron chi connectivity index (χ1n) is 13.6. The third kappa shape index (κ3) is 9.09. The second kappa shape index (κ2) is 15.1. The zero-order valence-corrected chi connectivity index (χ0v) is 25.6. The van der Waals surface area contributed by atoms with Crippen LogP contribution in [0.2, 0.25) is 5.02 Å². The summed E-state index contributed by atoms with van der Waals surface area (Å²) in [6.45, 7) is 5.56. The summed E-state index contributed by atoms with van der Waals surface area (Å²) in [7, 11) is -4.30. The highest BCUT2D eigenvalue weighted by molar-refractivity contribution is 7.92. The number of amides is 1. The number of halogens is 2. The van der Waals surface area contributed by atoms with Crippen molar-refractivity contribution in [2.45, 2.75) is 69.0 Å². The van der Waals surface area contributed by atoms with E-state index in [1.54, 1.807) is 0 Å². The number of hydrogen-bond donors (Lipinski definition) is 5. The van der Waals surface area contributed by atoms with Crippen LogP contribution in [-0.4, -0.2) is 54.0 Å². The molecule has 0 unspecified atom stereocenters. The molecule has 1 aromatic heterocycles. The molecule has 43 heavy (non-hydrogen) atoms. The van der Waals surface area contributed by atoms with Crippen molar-refractivity contribution >= 4 is 45.5 Å². The molecule has 0 spiro atoms. The molecule has 4 rings (SSSR count). The summed E-state index contributed by atoms with van der Waals surface area (Å²) < 4.78 is 43.0. The highest BCUT2D eigenvalue weighted by atomic mass is 35.5. The van der Waals surface area contributed by atoms with Gasteiger partial charge < -0.3 is 21.5 Å².